The number of amides is 1. The molecule has 0 N–H and O–H groups in total. The predicted molar refractivity (Wildman–Crippen MR) is 115 cm³/mol. The zero-order chi connectivity index (χ0) is 19.6. The quantitative estimate of drug-likeness (QED) is 0.776. The van der Waals surface area contributed by atoms with Gasteiger partial charge in [0.05, 0.1) is 5.52 Å². The molecule has 4 aliphatic carbocycles. The largest absolute Gasteiger partial charge is 0.335 e. The first kappa shape index (κ1) is 17.9. The molecular weight excluding hydrogens is 358 g/mol. The van der Waals surface area contributed by atoms with E-state index in [9.17, 15) is 4.79 Å². The van der Waals surface area contributed by atoms with Gasteiger partial charge in [0.1, 0.15) is 5.69 Å². The summed E-state index contributed by atoms with van der Waals surface area (Å²) in [4.78, 5) is 22.5. The van der Waals surface area contributed by atoms with E-state index < -0.39 is 0 Å². The minimum atomic E-state index is 0.120. The molecule has 0 radical (unpaired) electrons. The lowest BCUT2D eigenvalue weighted by atomic mass is 9.48. The van der Waals surface area contributed by atoms with Gasteiger partial charge in [-0.25, -0.2) is 4.98 Å². The number of carbonyl (C=O) groups is 1. The number of para-hydroxylation sites is 1. The number of pyridine rings is 1. The molecule has 7 rings (SSSR count). The average Bonchev–Trinajstić information content (AvgIpc) is 2.72. The lowest BCUT2D eigenvalue weighted by Crippen LogP contribution is -2.49. The van der Waals surface area contributed by atoms with E-state index in [4.69, 9.17) is 4.98 Å². The van der Waals surface area contributed by atoms with E-state index in [1.807, 2.05) is 4.90 Å². The summed E-state index contributed by atoms with van der Waals surface area (Å²) in [6.07, 6.45) is 8.26. The summed E-state index contributed by atoms with van der Waals surface area (Å²) >= 11 is 0. The Morgan fingerprint density at radius 2 is 1.59 bits per heavy atom. The molecule has 5 fully saturated rings. The molecule has 0 spiro atoms. The Hall–Kier alpha value is -1.94. The van der Waals surface area contributed by atoms with Gasteiger partial charge in [-0.2, -0.15) is 0 Å². The Morgan fingerprint density at radius 3 is 2.24 bits per heavy atom. The van der Waals surface area contributed by atoms with Crippen molar-refractivity contribution in [2.24, 2.45) is 17.8 Å². The number of hydrogen-bond donors (Lipinski definition) is 0. The van der Waals surface area contributed by atoms with Gasteiger partial charge in [0.15, 0.2) is 0 Å². The Morgan fingerprint density at radius 1 is 0.966 bits per heavy atom. The SMILES string of the molecule is CN1CCN(C(=O)c2cc(C34CC5CC(CC(C5)C3)C4)c3ccccc3n2)CC1. The third-order valence-corrected chi connectivity index (χ3v) is 8.34. The normalized spacial score (nSPS) is 34.1. The fraction of sp³-hybridized carbons (Fsp3) is 0.600. The number of rotatable bonds is 2. The van der Waals surface area contributed by atoms with Crippen LogP contribution >= 0.6 is 0 Å². The zero-order valence-corrected chi connectivity index (χ0v) is 17.4. The minimum Gasteiger partial charge on any atom is -0.335 e. The topological polar surface area (TPSA) is 36.4 Å². The van der Waals surface area contributed by atoms with E-state index in [1.165, 1.54) is 49.5 Å². The number of piperazine rings is 1. The maximum Gasteiger partial charge on any atom is 0.272 e. The number of benzene rings is 1. The van der Waals surface area contributed by atoms with Crippen LogP contribution in [0.3, 0.4) is 0 Å². The fourth-order valence-corrected chi connectivity index (χ4v) is 7.34. The van der Waals surface area contributed by atoms with Crippen LogP contribution in [0.25, 0.3) is 10.9 Å². The van der Waals surface area contributed by atoms with Gasteiger partial charge < -0.3 is 9.80 Å². The van der Waals surface area contributed by atoms with E-state index in [0.717, 1.165) is 49.4 Å². The summed E-state index contributed by atoms with van der Waals surface area (Å²) in [7, 11) is 2.13. The molecule has 2 aromatic rings. The van der Waals surface area contributed by atoms with Crippen LogP contribution in [0.4, 0.5) is 0 Å². The van der Waals surface area contributed by atoms with Crippen LogP contribution in [-0.4, -0.2) is 53.9 Å². The molecule has 0 unspecified atom stereocenters. The first-order chi connectivity index (χ1) is 14.1. The van der Waals surface area contributed by atoms with Crippen molar-refractivity contribution in [1.82, 2.24) is 14.8 Å². The number of likely N-dealkylation sites (N-methyl/N-ethyl adjacent to an activating group) is 1. The van der Waals surface area contributed by atoms with Crippen LogP contribution in [0.2, 0.25) is 0 Å². The Kier molecular flexibility index (Phi) is 4.03. The molecule has 1 aromatic carbocycles. The molecule has 0 atom stereocenters. The first-order valence-electron chi connectivity index (χ1n) is 11.5. The molecule has 1 saturated heterocycles. The molecule has 1 aliphatic heterocycles. The van der Waals surface area contributed by atoms with E-state index in [2.05, 4.69) is 42.3 Å². The summed E-state index contributed by atoms with van der Waals surface area (Å²) in [5, 5.41) is 1.28. The van der Waals surface area contributed by atoms with Crippen molar-refractivity contribution in [1.29, 1.82) is 0 Å². The highest BCUT2D eigenvalue weighted by Crippen LogP contribution is 2.61. The van der Waals surface area contributed by atoms with Gasteiger partial charge in [-0.1, -0.05) is 18.2 Å². The van der Waals surface area contributed by atoms with Crippen molar-refractivity contribution in [2.45, 2.75) is 43.9 Å². The number of aromatic nitrogens is 1. The minimum absolute atomic E-state index is 0.120. The molecule has 4 saturated carbocycles. The van der Waals surface area contributed by atoms with Crippen LogP contribution in [0.15, 0.2) is 30.3 Å². The monoisotopic (exact) mass is 389 g/mol. The number of carbonyl (C=O) groups excluding carboxylic acids is 1. The summed E-state index contributed by atoms with van der Waals surface area (Å²) in [6.45, 7) is 3.50. The van der Waals surface area contributed by atoms with Gasteiger partial charge >= 0.3 is 0 Å². The number of hydrogen-bond acceptors (Lipinski definition) is 3. The molecule has 4 nitrogen and oxygen atoms in total. The van der Waals surface area contributed by atoms with Gasteiger partial charge in [0.25, 0.3) is 5.91 Å². The van der Waals surface area contributed by atoms with Crippen molar-refractivity contribution >= 4 is 16.8 Å². The number of fused-ring (bicyclic) bond motifs is 1. The Labute approximate surface area is 173 Å². The van der Waals surface area contributed by atoms with Gasteiger partial charge in [0, 0.05) is 31.6 Å². The average molecular weight is 390 g/mol. The van der Waals surface area contributed by atoms with Gasteiger partial charge in [0.2, 0.25) is 0 Å². The van der Waals surface area contributed by atoms with Gasteiger partial charge in [-0.15, -0.1) is 0 Å². The second kappa shape index (κ2) is 6.53. The molecule has 1 aromatic heterocycles. The summed E-state index contributed by atoms with van der Waals surface area (Å²) in [6, 6.07) is 10.7. The van der Waals surface area contributed by atoms with Crippen LogP contribution in [0.1, 0.15) is 54.6 Å². The standard InChI is InChI=1S/C25H31N3O/c1-27-6-8-28(9-7-27)24(29)23-13-21(20-4-2-3-5-22(20)26-23)25-14-17-10-18(15-25)12-19(11-17)16-25/h2-5,13,17-19H,6-12,14-16H2,1H3. The summed E-state index contributed by atoms with van der Waals surface area (Å²) in [5.74, 6) is 2.80. The van der Waals surface area contributed by atoms with Gasteiger partial charge in [-0.3, -0.25) is 4.79 Å². The smallest absolute Gasteiger partial charge is 0.272 e. The summed E-state index contributed by atoms with van der Waals surface area (Å²) in [5.41, 5.74) is 3.37. The molecule has 152 valence electrons. The predicted octanol–water partition coefficient (Wildman–Crippen LogP) is 4.09. The maximum atomic E-state index is 13.4. The Balaban J connectivity index is 1.44. The highest BCUT2D eigenvalue weighted by Gasteiger charge is 2.52. The third kappa shape index (κ3) is 2.91. The highest BCUT2D eigenvalue weighted by molar-refractivity contribution is 5.96. The lowest BCUT2D eigenvalue weighted by molar-refractivity contribution is -0.00455. The molecule has 2 heterocycles. The summed E-state index contributed by atoms with van der Waals surface area (Å²) < 4.78 is 0. The van der Waals surface area contributed by atoms with Crippen LogP contribution in [-0.2, 0) is 5.41 Å². The van der Waals surface area contributed by atoms with E-state index in [0.29, 0.717) is 5.69 Å². The molecule has 1 amide bonds. The van der Waals surface area contributed by atoms with Crippen LogP contribution in [0, 0.1) is 17.8 Å². The second-order valence-corrected chi connectivity index (χ2v) is 10.4. The van der Waals surface area contributed by atoms with E-state index in [-0.39, 0.29) is 11.3 Å². The molecule has 4 heteroatoms. The second-order valence-electron chi connectivity index (χ2n) is 10.4. The molecule has 5 aliphatic rings. The van der Waals surface area contributed by atoms with Crippen molar-refractivity contribution in [3.63, 3.8) is 0 Å². The first-order valence-corrected chi connectivity index (χ1v) is 11.5. The molecular formula is C25H31N3O. The van der Waals surface area contributed by atoms with Crippen LogP contribution < -0.4 is 0 Å². The van der Waals surface area contributed by atoms with Gasteiger partial charge in [-0.05, 0) is 86.4 Å². The van der Waals surface area contributed by atoms with Crippen molar-refractivity contribution < 1.29 is 4.79 Å². The third-order valence-electron chi connectivity index (χ3n) is 8.34. The maximum absolute atomic E-state index is 13.4. The number of nitrogens with zero attached hydrogens (tertiary/aromatic N) is 3. The Bertz CT molecular complexity index is 924. The fourth-order valence-electron chi connectivity index (χ4n) is 7.34. The van der Waals surface area contributed by atoms with E-state index >= 15 is 0 Å². The van der Waals surface area contributed by atoms with Crippen molar-refractivity contribution in [2.75, 3.05) is 33.2 Å². The highest BCUT2D eigenvalue weighted by atomic mass is 16.2. The lowest BCUT2D eigenvalue weighted by Gasteiger charge is -2.57. The van der Waals surface area contributed by atoms with Crippen LogP contribution in [0.5, 0.6) is 0 Å². The zero-order valence-electron chi connectivity index (χ0n) is 17.4. The van der Waals surface area contributed by atoms with E-state index in [1.54, 1.807) is 0 Å². The molecule has 4 bridgehead atoms. The molecule has 29 heavy (non-hydrogen) atoms. The van der Waals surface area contributed by atoms with Crippen molar-refractivity contribution in [3.05, 3.63) is 41.6 Å². The van der Waals surface area contributed by atoms with Crippen molar-refractivity contribution in [3.8, 4) is 0 Å².